The first kappa shape index (κ1) is 25.4. The Balaban J connectivity index is 0.000000890. The van der Waals surface area contributed by atoms with Crippen LogP contribution < -0.4 is 16.4 Å². The number of phenols is 1. The number of amides is 2. The Morgan fingerprint density at radius 2 is 1.76 bits per heavy atom. The Hall–Kier alpha value is -3.86. The van der Waals surface area contributed by atoms with Gasteiger partial charge in [-0.05, 0) is 36.8 Å². The van der Waals surface area contributed by atoms with Gasteiger partial charge >= 0.3 is 6.68 Å². The molecule has 3 rings (SSSR count). The van der Waals surface area contributed by atoms with Crippen LogP contribution in [0.15, 0.2) is 54.6 Å². The molecule has 33 heavy (non-hydrogen) atoms. The van der Waals surface area contributed by atoms with Gasteiger partial charge in [-0.2, -0.15) is 18.3 Å². The summed E-state index contributed by atoms with van der Waals surface area (Å²) in [6.07, 6.45) is 0. The summed E-state index contributed by atoms with van der Waals surface area (Å²) in [5.74, 6) is -0.421. The summed E-state index contributed by atoms with van der Waals surface area (Å²) in [6.45, 7) is -1.40. The number of nitrogens with zero attached hydrogens (tertiary/aromatic N) is 2. The van der Waals surface area contributed by atoms with E-state index in [1.807, 2.05) is 31.2 Å². The van der Waals surface area contributed by atoms with E-state index in [4.69, 9.17) is 5.73 Å². The van der Waals surface area contributed by atoms with Crippen molar-refractivity contribution in [2.24, 2.45) is 5.73 Å². The molecule has 1 aromatic heterocycles. The van der Waals surface area contributed by atoms with Crippen LogP contribution in [0.25, 0.3) is 5.69 Å². The van der Waals surface area contributed by atoms with Gasteiger partial charge in [0.05, 0.1) is 17.9 Å². The SMILES string of the molecule is Cc1cc(C(=O)NCc2ccccc2O)n(-c2cccc(CNC(=O)CN)c2)n1.FC(F)F. The zero-order valence-corrected chi connectivity index (χ0v) is 17.8. The number of benzene rings is 2. The van der Waals surface area contributed by atoms with E-state index in [9.17, 15) is 27.9 Å². The lowest BCUT2D eigenvalue weighted by atomic mass is 10.2. The molecule has 0 saturated carbocycles. The van der Waals surface area contributed by atoms with Crippen molar-refractivity contribution < 1.29 is 27.9 Å². The Morgan fingerprint density at radius 1 is 1.06 bits per heavy atom. The van der Waals surface area contributed by atoms with E-state index >= 15 is 0 Å². The van der Waals surface area contributed by atoms with Crippen molar-refractivity contribution in [1.82, 2.24) is 20.4 Å². The van der Waals surface area contributed by atoms with Gasteiger partial charge in [-0.15, -0.1) is 0 Å². The molecule has 0 fully saturated rings. The van der Waals surface area contributed by atoms with Gasteiger partial charge in [-0.1, -0.05) is 30.3 Å². The Kier molecular flexibility index (Phi) is 9.43. The number of aromatic nitrogens is 2. The third kappa shape index (κ3) is 7.96. The maximum atomic E-state index is 12.8. The number of aromatic hydroxyl groups is 1. The number of nitrogens with two attached hydrogens (primary N) is 1. The number of carbonyl (C=O) groups is 2. The predicted octanol–water partition coefficient (Wildman–Crippen LogP) is 2.57. The molecule has 3 aromatic rings. The van der Waals surface area contributed by atoms with E-state index in [1.54, 1.807) is 35.0 Å². The summed E-state index contributed by atoms with van der Waals surface area (Å²) >= 11 is 0. The molecule has 8 nitrogen and oxygen atoms in total. The van der Waals surface area contributed by atoms with Crippen LogP contribution in [0.3, 0.4) is 0 Å². The van der Waals surface area contributed by atoms with Crippen molar-refractivity contribution in [2.45, 2.75) is 26.7 Å². The monoisotopic (exact) mass is 463 g/mol. The van der Waals surface area contributed by atoms with Crippen LogP contribution in [-0.2, 0) is 17.9 Å². The molecule has 2 amide bonds. The molecule has 0 unspecified atom stereocenters. The number of hydrogen-bond donors (Lipinski definition) is 4. The quantitative estimate of drug-likeness (QED) is 0.429. The van der Waals surface area contributed by atoms with E-state index in [1.165, 1.54) is 0 Å². The lowest BCUT2D eigenvalue weighted by Gasteiger charge is -2.11. The highest BCUT2D eigenvalue weighted by atomic mass is 19.4. The Morgan fingerprint density at radius 3 is 2.42 bits per heavy atom. The first-order chi connectivity index (χ1) is 15.7. The highest BCUT2D eigenvalue weighted by Gasteiger charge is 2.16. The molecule has 0 saturated heterocycles. The lowest BCUT2D eigenvalue weighted by molar-refractivity contribution is -0.119. The molecular weight excluding hydrogens is 439 g/mol. The summed E-state index contributed by atoms with van der Waals surface area (Å²) in [7, 11) is 0. The molecule has 1 heterocycles. The van der Waals surface area contributed by atoms with Crippen LogP contribution >= 0.6 is 0 Å². The Labute approximate surface area is 188 Å². The molecule has 0 atom stereocenters. The number of halogens is 3. The molecule has 0 spiro atoms. The van der Waals surface area contributed by atoms with Gasteiger partial charge in [-0.25, -0.2) is 4.68 Å². The second-order valence-corrected chi connectivity index (χ2v) is 6.79. The zero-order valence-electron chi connectivity index (χ0n) is 17.8. The first-order valence-corrected chi connectivity index (χ1v) is 9.81. The molecule has 0 radical (unpaired) electrons. The van der Waals surface area contributed by atoms with E-state index in [2.05, 4.69) is 15.7 Å². The van der Waals surface area contributed by atoms with Crippen LogP contribution in [0.2, 0.25) is 0 Å². The number of nitrogens with one attached hydrogen (secondary N) is 2. The van der Waals surface area contributed by atoms with Crippen molar-refractivity contribution in [3.05, 3.63) is 77.1 Å². The summed E-state index contributed by atoms with van der Waals surface area (Å²) in [5.41, 5.74) is 8.56. The minimum Gasteiger partial charge on any atom is -0.508 e. The number of hydrogen-bond acceptors (Lipinski definition) is 5. The topological polar surface area (TPSA) is 122 Å². The number of para-hydroxylation sites is 1. The minimum absolute atomic E-state index is 0.0701. The fourth-order valence-electron chi connectivity index (χ4n) is 2.86. The van der Waals surface area contributed by atoms with Gasteiger partial charge in [-0.3, -0.25) is 9.59 Å². The second-order valence-electron chi connectivity index (χ2n) is 6.79. The highest BCUT2D eigenvalue weighted by Crippen LogP contribution is 2.17. The third-order valence-corrected chi connectivity index (χ3v) is 4.33. The standard InChI is InChI=1S/C21H23N5O3.CHF3/c1-14-9-18(21(29)24-13-16-6-2-3-8-19(16)27)26(25-14)17-7-4-5-15(10-17)12-23-20(28)11-22;2-1(3)4/h2-10,27H,11-13,22H2,1H3,(H,23,28)(H,24,29);1H. The molecule has 5 N–H and O–H groups in total. The molecule has 0 bridgehead atoms. The Bertz CT molecular complexity index is 1090. The summed E-state index contributed by atoms with van der Waals surface area (Å²) in [6, 6.07) is 15.9. The van der Waals surface area contributed by atoms with Crippen molar-refractivity contribution in [3.8, 4) is 11.4 Å². The van der Waals surface area contributed by atoms with Crippen LogP contribution in [0, 0.1) is 6.92 Å². The normalized spacial score (nSPS) is 10.4. The largest absolute Gasteiger partial charge is 0.508 e. The zero-order chi connectivity index (χ0) is 24.4. The van der Waals surface area contributed by atoms with Crippen LogP contribution in [-0.4, -0.2) is 39.9 Å². The van der Waals surface area contributed by atoms with Gasteiger partial charge in [0.1, 0.15) is 11.4 Å². The van der Waals surface area contributed by atoms with Gasteiger partial charge in [0, 0.05) is 18.7 Å². The molecule has 0 aliphatic heterocycles. The molecule has 0 aliphatic rings. The van der Waals surface area contributed by atoms with Gasteiger partial charge in [0.2, 0.25) is 5.91 Å². The second kappa shape index (κ2) is 12.2. The van der Waals surface area contributed by atoms with Crippen molar-refractivity contribution in [2.75, 3.05) is 6.54 Å². The molecular formula is C22H24F3N5O3. The van der Waals surface area contributed by atoms with E-state index in [-0.39, 0.29) is 30.7 Å². The number of phenolic OH excluding ortho intramolecular Hbond substituents is 1. The minimum atomic E-state index is -3.67. The average molecular weight is 463 g/mol. The fourth-order valence-corrected chi connectivity index (χ4v) is 2.86. The smallest absolute Gasteiger partial charge is 0.379 e. The van der Waals surface area contributed by atoms with Crippen LogP contribution in [0.1, 0.15) is 27.3 Å². The molecule has 176 valence electrons. The summed E-state index contributed by atoms with van der Waals surface area (Å²) in [4.78, 5) is 24.1. The summed E-state index contributed by atoms with van der Waals surface area (Å²) < 4.78 is 30.6. The van der Waals surface area contributed by atoms with Gasteiger partial charge in [0.15, 0.2) is 0 Å². The fraction of sp³-hybridized carbons (Fsp3) is 0.227. The van der Waals surface area contributed by atoms with E-state index < -0.39 is 6.68 Å². The van der Waals surface area contributed by atoms with Gasteiger partial charge < -0.3 is 21.5 Å². The number of aryl methyl sites for hydroxylation is 1. The van der Waals surface area contributed by atoms with Crippen LogP contribution in [0.5, 0.6) is 5.75 Å². The lowest BCUT2D eigenvalue weighted by Crippen LogP contribution is -2.29. The van der Waals surface area contributed by atoms with Gasteiger partial charge in [0.25, 0.3) is 5.91 Å². The number of carbonyl (C=O) groups excluding carboxylic acids is 2. The first-order valence-electron chi connectivity index (χ1n) is 9.81. The van der Waals surface area contributed by atoms with Crippen molar-refractivity contribution in [1.29, 1.82) is 0 Å². The third-order valence-electron chi connectivity index (χ3n) is 4.33. The van der Waals surface area contributed by atoms with E-state index in [0.717, 1.165) is 5.56 Å². The number of rotatable bonds is 7. The summed E-state index contributed by atoms with van der Waals surface area (Å²) in [5, 5.41) is 19.8. The van der Waals surface area contributed by atoms with Crippen molar-refractivity contribution >= 4 is 11.8 Å². The van der Waals surface area contributed by atoms with Crippen LogP contribution in [0.4, 0.5) is 13.2 Å². The maximum Gasteiger partial charge on any atom is 0.379 e. The van der Waals surface area contributed by atoms with Crippen molar-refractivity contribution in [3.63, 3.8) is 0 Å². The molecule has 2 aromatic carbocycles. The maximum absolute atomic E-state index is 12.8. The number of alkyl halides is 3. The average Bonchev–Trinajstić information content (AvgIpc) is 3.18. The predicted molar refractivity (Wildman–Crippen MR) is 116 cm³/mol. The van der Waals surface area contributed by atoms with E-state index in [0.29, 0.717) is 29.2 Å². The highest BCUT2D eigenvalue weighted by molar-refractivity contribution is 5.93. The molecule has 0 aliphatic carbocycles. The molecule has 11 heteroatoms.